The van der Waals surface area contributed by atoms with Gasteiger partial charge in [-0.1, -0.05) is 18.2 Å². The van der Waals surface area contributed by atoms with Crippen LogP contribution < -0.4 is 4.74 Å². The molecule has 0 unspecified atom stereocenters. The van der Waals surface area contributed by atoms with Gasteiger partial charge in [-0.15, -0.1) is 0 Å². The van der Waals surface area contributed by atoms with E-state index in [1.54, 1.807) is 31.2 Å². The van der Waals surface area contributed by atoms with Crippen LogP contribution in [0.5, 0.6) is 11.6 Å². The molecule has 0 saturated heterocycles. The summed E-state index contributed by atoms with van der Waals surface area (Å²) in [6.07, 6.45) is -3.06. The highest BCUT2D eigenvalue weighted by Gasteiger charge is 2.30. The molecule has 176 valence electrons. The van der Waals surface area contributed by atoms with Crippen molar-refractivity contribution in [3.63, 3.8) is 0 Å². The summed E-state index contributed by atoms with van der Waals surface area (Å²) >= 11 is 0. The molecule has 0 aliphatic carbocycles. The Labute approximate surface area is 193 Å². The summed E-state index contributed by atoms with van der Waals surface area (Å²) in [4.78, 5) is 15.6. The van der Waals surface area contributed by atoms with Crippen LogP contribution in [-0.2, 0) is 22.1 Å². The number of benzene rings is 2. The average molecular weight is 470 g/mol. The van der Waals surface area contributed by atoms with Crippen molar-refractivity contribution in [2.75, 3.05) is 6.61 Å². The first-order valence-electron chi connectivity index (χ1n) is 10.5. The van der Waals surface area contributed by atoms with E-state index in [2.05, 4.69) is 4.98 Å². The van der Waals surface area contributed by atoms with Crippen molar-refractivity contribution in [1.82, 2.24) is 9.55 Å². The number of para-hydroxylation sites is 1. The number of nitrogens with zero attached hydrogens (tertiary/aromatic N) is 2. The van der Waals surface area contributed by atoms with Gasteiger partial charge < -0.3 is 19.1 Å². The van der Waals surface area contributed by atoms with E-state index in [0.29, 0.717) is 5.75 Å². The third-order valence-electron chi connectivity index (χ3n) is 5.17. The second-order valence-electron chi connectivity index (χ2n) is 7.49. The Morgan fingerprint density at radius 2 is 1.82 bits per heavy atom. The molecule has 0 bridgehead atoms. The van der Waals surface area contributed by atoms with E-state index in [-0.39, 0.29) is 18.9 Å². The predicted octanol–water partition coefficient (Wildman–Crippen LogP) is 5.30. The van der Waals surface area contributed by atoms with E-state index < -0.39 is 23.8 Å². The lowest BCUT2D eigenvalue weighted by atomic mass is 10.1. The van der Waals surface area contributed by atoms with Crippen LogP contribution >= 0.6 is 0 Å². The minimum atomic E-state index is -4.46. The Hall–Kier alpha value is -3.85. The van der Waals surface area contributed by atoms with Crippen LogP contribution in [0, 0.1) is 0 Å². The highest BCUT2D eigenvalue weighted by atomic mass is 19.4. The third-order valence-corrected chi connectivity index (χ3v) is 5.17. The first kappa shape index (κ1) is 23.3. The molecule has 0 aliphatic heterocycles. The van der Waals surface area contributed by atoms with E-state index in [1.165, 1.54) is 0 Å². The molecule has 0 aliphatic rings. The number of halogens is 3. The molecule has 1 atom stereocenters. The molecule has 34 heavy (non-hydrogen) atoms. The first-order chi connectivity index (χ1) is 16.3. The van der Waals surface area contributed by atoms with E-state index in [9.17, 15) is 23.1 Å². The molecule has 0 amide bonds. The van der Waals surface area contributed by atoms with E-state index in [0.717, 1.165) is 40.5 Å². The van der Waals surface area contributed by atoms with Crippen LogP contribution in [0.3, 0.4) is 0 Å². The molecule has 0 saturated carbocycles. The zero-order valence-electron chi connectivity index (χ0n) is 18.1. The maximum atomic E-state index is 12.7. The summed E-state index contributed by atoms with van der Waals surface area (Å²) in [5.74, 6) is -0.217. The number of hydrogen-bond acceptors (Lipinski definition) is 5. The van der Waals surface area contributed by atoms with Gasteiger partial charge in [-0.2, -0.15) is 13.2 Å². The molecule has 9 heteroatoms. The normalized spacial score (nSPS) is 12.5. The van der Waals surface area contributed by atoms with E-state index in [4.69, 9.17) is 9.47 Å². The molecule has 1 N–H and O–H groups in total. The predicted molar refractivity (Wildman–Crippen MR) is 119 cm³/mol. The topological polar surface area (TPSA) is 73.6 Å². The third kappa shape index (κ3) is 5.04. The molecular weight excluding hydrogens is 449 g/mol. The second-order valence-corrected chi connectivity index (χ2v) is 7.49. The van der Waals surface area contributed by atoms with Crippen LogP contribution in [0.4, 0.5) is 13.2 Å². The fraction of sp³-hybridized carbons (Fsp3) is 0.200. The van der Waals surface area contributed by atoms with Crippen molar-refractivity contribution in [2.45, 2.75) is 25.6 Å². The minimum Gasteiger partial charge on any atom is -0.464 e. The first-order valence-corrected chi connectivity index (χ1v) is 10.5. The number of rotatable bonds is 7. The highest BCUT2D eigenvalue weighted by molar-refractivity contribution is 5.86. The molecule has 0 spiro atoms. The van der Waals surface area contributed by atoms with E-state index >= 15 is 0 Å². The monoisotopic (exact) mass is 470 g/mol. The second kappa shape index (κ2) is 9.56. The van der Waals surface area contributed by atoms with Crippen molar-refractivity contribution >= 4 is 16.9 Å². The van der Waals surface area contributed by atoms with Crippen LogP contribution in [0.25, 0.3) is 16.6 Å². The van der Waals surface area contributed by atoms with Crippen molar-refractivity contribution in [1.29, 1.82) is 0 Å². The van der Waals surface area contributed by atoms with Gasteiger partial charge >= 0.3 is 12.1 Å². The summed E-state index contributed by atoms with van der Waals surface area (Å²) in [5.41, 5.74) is 1.61. The number of aliphatic hydroxyl groups is 1. The largest absolute Gasteiger partial charge is 0.464 e. The number of pyridine rings is 1. The minimum absolute atomic E-state index is 0.0439. The number of fused-ring (bicyclic) bond motifs is 1. The lowest BCUT2D eigenvalue weighted by molar-refractivity contribution is -0.152. The quantitative estimate of drug-likeness (QED) is 0.371. The molecular formula is C25H21F3N2O4. The highest BCUT2D eigenvalue weighted by Crippen LogP contribution is 2.31. The number of carbonyl (C=O) groups excluding carboxylic acids is 1. The van der Waals surface area contributed by atoms with Crippen LogP contribution in [0.2, 0.25) is 0 Å². The van der Waals surface area contributed by atoms with E-state index in [1.807, 2.05) is 35.0 Å². The molecule has 2 aromatic heterocycles. The van der Waals surface area contributed by atoms with Gasteiger partial charge in [0.25, 0.3) is 0 Å². The fourth-order valence-corrected chi connectivity index (χ4v) is 3.56. The summed E-state index contributed by atoms with van der Waals surface area (Å²) < 4.78 is 50.4. The van der Waals surface area contributed by atoms with Gasteiger partial charge in [0.15, 0.2) is 6.10 Å². The van der Waals surface area contributed by atoms with Gasteiger partial charge in [0.1, 0.15) is 5.75 Å². The molecule has 0 fully saturated rings. The Bertz CT molecular complexity index is 1280. The molecule has 4 aromatic rings. The van der Waals surface area contributed by atoms with Crippen LogP contribution in [0.15, 0.2) is 73.1 Å². The number of alkyl halides is 3. The lowest BCUT2D eigenvalue weighted by Crippen LogP contribution is -2.25. The van der Waals surface area contributed by atoms with Crippen molar-refractivity contribution in [3.05, 3.63) is 84.2 Å². The number of esters is 1. The van der Waals surface area contributed by atoms with Crippen molar-refractivity contribution in [2.24, 2.45) is 0 Å². The SMILES string of the molecule is CCOC(=O)[C@H](O)Cc1cn(-c2ccc(Oc3ccc(C(F)(F)F)cn3)cc2)c2ccccc12. The van der Waals surface area contributed by atoms with Gasteiger partial charge in [-0.25, -0.2) is 9.78 Å². The van der Waals surface area contributed by atoms with Gasteiger partial charge in [0.05, 0.1) is 17.7 Å². The molecule has 4 rings (SSSR count). The summed E-state index contributed by atoms with van der Waals surface area (Å²) in [6.45, 7) is 1.87. The number of hydrogen-bond donors (Lipinski definition) is 1. The summed E-state index contributed by atoms with van der Waals surface area (Å²) in [7, 11) is 0. The Kier molecular flexibility index (Phi) is 6.56. The number of aromatic nitrogens is 2. The Morgan fingerprint density at radius 3 is 2.47 bits per heavy atom. The van der Waals surface area contributed by atoms with Gasteiger partial charge in [-0.05, 0) is 48.9 Å². The van der Waals surface area contributed by atoms with Gasteiger partial charge in [-0.3, -0.25) is 0 Å². The summed E-state index contributed by atoms with van der Waals surface area (Å²) in [6, 6.07) is 16.6. The number of aliphatic hydroxyl groups excluding tert-OH is 1. The zero-order valence-corrected chi connectivity index (χ0v) is 18.1. The Balaban J connectivity index is 1.56. The Morgan fingerprint density at radius 1 is 1.09 bits per heavy atom. The lowest BCUT2D eigenvalue weighted by Gasteiger charge is -2.09. The standard InChI is InChI=1S/C25H21F3N2O4/c1-2-33-24(32)22(31)13-16-15-30(21-6-4-3-5-20(16)21)18-8-10-19(11-9-18)34-23-12-7-17(14-29-23)25(26,27)28/h3-12,14-15,22,31H,2,13H2,1H3/t22-/m1/s1. The molecule has 0 radical (unpaired) electrons. The molecule has 2 aromatic carbocycles. The van der Waals surface area contributed by atoms with Crippen molar-refractivity contribution < 1.29 is 32.5 Å². The maximum Gasteiger partial charge on any atom is 0.417 e. The maximum absolute atomic E-state index is 12.7. The van der Waals surface area contributed by atoms with Crippen LogP contribution in [-0.4, -0.2) is 33.3 Å². The number of carbonyl (C=O) groups is 1. The number of ether oxygens (including phenoxy) is 2. The van der Waals surface area contributed by atoms with Crippen LogP contribution in [0.1, 0.15) is 18.1 Å². The van der Waals surface area contributed by atoms with Gasteiger partial charge in [0.2, 0.25) is 5.88 Å². The fourth-order valence-electron chi connectivity index (χ4n) is 3.56. The van der Waals surface area contributed by atoms with Gasteiger partial charge in [0, 0.05) is 36.0 Å². The summed E-state index contributed by atoms with van der Waals surface area (Å²) in [5, 5.41) is 11.1. The zero-order chi connectivity index (χ0) is 24.3. The smallest absolute Gasteiger partial charge is 0.417 e. The molecule has 2 heterocycles. The molecule has 6 nitrogen and oxygen atoms in total. The average Bonchev–Trinajstić information content (AvgIpc) is 3.18. The van der Waals surface area contributed by atoms with Crippen molar-refractivity contribution in [3.8, 4) is 17.3 Å².